The first kappa shape index (κ1) is 21.8. The largest absolute Gasteiger partial charge is 0.432 e. The van der Waals surface area contributed by atoms with Crippen molar-refractivity contribution in [2.45, 2.75) is 50.7 Å². The number of ether oxygens (including phenoxy) is 1. The van der Waals surface area contributed by atoms with Gasteiger partial charge in [-0.3, -0.25) is 4.79 Å². The van der Waals surface area contributed by atoms with Gasteiger partial charge in [0.2, 0.25) is 5.60 Å². The van der Waals surface area contributed by atoms with E-state index >= 15 is 0 Å². The molecule has 3 N–H and O–H groups in total. The van der Waals surface area contributed by atoms with E-state index in [1.807, 2.05) is 30.3 Å². The van der Waals surface area contributed by atoms with E-state index in [0.717, 1.165) is 16.9 Å². The molecular formula is C22H24FN3O3S. The summed E-state index contributed by atoms with van der Waals surface area (Å²) in [6, 6.07) is 12.9. The SMILES string of the molecule is CC(C)(C)C(Cc1sccc1F)(OC(N)=O)C(=O)N[C@]1(C#N)C[C@@H]1c1ccccc1. The Labute approximate surface area is 178 Å². The molecule has 1 aliphatic carbocycles. The molecule has 1 unspecified atom stereocenters. The first-order chi connectivity index (χ1) is 14.0. The van der Waals surface area contributed by atoms with Crippen molar-refractivity contribution in [1.82, 2.24) is 5.32 Å². The number of primary amides is 1. The van der Waals surface area contributed by atoms with Crippen molar-refractivity contribution in [3.05, 3.63) is 58.0 Å². The molecule has 30 heavy (non-hydrogen) atoms. The minimum Gasteiger partial charge on any atom is -0.432 e. The minimum atomic E-state index is -1.79. The fourth-order valence-corrected chi connectivity index (χ4v) is 4.53. The molecule has 6 nitrogen and oxygen atoms in total. The van der Waals surface area contributed by atoms with Crippen molar-refractivity contribution in [2.75, 3.05) is 0 Å². The zero-order valence-electron chi connectivity index (χ0n) is 17.1. The lowest BCUT2D eigenvalue weighted by atomic mass is 9.72. The van der Waals surface area contributed by atoms with E-state index in [2.05, 4.69) is 11.4 Å². The standard InChI is InChI=1S/C22H24FN3O3S/c1-20(2,3)22(29-19(25)28,12-17-16(23)9-10-30-17)18(27)26-21(13-24)11-15(21)14-7-5-4-6-8-14/h4-10,15H,11-12H2,1-3H3,(H2,25,28)(H,26,27)/t15-,21+,22?/m1/s1. The van der Waals surface area contributed by atoms with Crippen LogP contribution in [0, 0.1) is 22.6 Å². The lowest BCUT2D eigenvalue weighted by Crippen LogP contribution is -2.62. The third kappa shape index (κ3) is 3.90. The van der Waals surface area contributed by atoms with Gasteiger partial charge in [0.05, 0.1) is 6.07 Å². The fourth-order valence-electron chi connectivity index (χ4n) is 3.71. The highest BCUT2D eigenvalue weighted by atomic mass is 32.1. The first-order valence-electron chi connectivity index (χ1n) is 9.54. The second-order valence-corrected chi connectivity index (χ2v) is 9.57. The van der Waals surface area contributed by atoms with Crippen molar-refractivity contribution in [2.24, 2.45) is 11.1 Å². The summed E-state index contributed by atoms with van der Waals surface area (Å²) in [6.45, 7) is 5.13. The van der Waals surface area contributed by atoms with Gasteiger partial charge in [0, 0.05) is 22.6 Å². The van der Waals surface area contributed by atoms with E-state index < -0.39 is 34.4 Å². The number of benzene rings is 1. The van der Waals surface area contributed by atoms with Gasteiger partial charge in [-0.1, -0.05) is 51.1 Å². The number of nitrogens with zero attached hydrogens (tertiary/aromatic N) is 1. The van der Waals surface area contributed by atoms with Crippen LogP contribution in [0.25, 0.3) is 0 Å². The third-order valence-electron chi connectivity index (χ3n) is 5.65. The molecule has 0 saturated heterocycles. The number of hydrogen-bond acceptors (Lipinski definition) is 5. The van der Waals surface area contributed by atoms with Gasteiger partial charge in [0.25, 0.3) is 5.91 Å². The monoisotopic (exact) mass is 429 g/mol. The molecule has 1 saturated carbocycles. The van der Waals surface area contributed by atoms with Crippen LogP contribution in [0.1, 0.15) is 43.6 Å². The molecule has 3 atom stereocenters. The van der Waals surface area contributed by atoms with Crippen molar-refractivity contribution < 1.29 is 18.7 Å². The van der Waals surface area contributed by atoms with Crippen molar-refractivity contribution in [3.8, 4) is 6.07 Å². The Hall–Kier alpha value is -2.92. The van der Waals surface area contributed by atoms with Gasteiger partial charge in [-0.25, -0.2) is 9.18 Å². The number of amides is 2. The summed E-state index contributed by atoms with van der Waals surface area (Å²) < 4.78 is 19.6. The summed E-state index contributed by atoms with van der Waals surface area (Å²) in [6.07, 6.45) is -0.895. The van der Waals surface area contributed by atoms with Crippen LogP contribution in [0.4, 0.5) is 9.18 Å². The van der Waals surface area contributed by atoms with E-state index in [4.69, 9.17) is 10.5 Å². The minimum absolute atomic E-state index is 0.183. The Bertz CT molecular complexity index is 995. The van der Waals surface area contributed by atoms with Gasteiger partial charge in [0.1, 0.15) is 11.4 Å². The van der Waals surface area contributed by atoms with Crippen LogP contribution in [-0.2, 0) is 16.0 Å². The van der Waals surface area contributed by atoms with Crippen LogP contribution in [0.2, 0.25) is 0 Å². The lowest BCUT2D eigenvalue weighted by molar-refractivity contribution is -0.152. The Balaban J connectivity index is 1.97. The van der Waals surface area contributed by atoms with E-state index in [1.54, 1.807) is 26.2 Å². The molecule has 1 heterocycles. The second kappa shape index (κ2) is 7.73. The van der Waals surface area contributed by atoms with Gasteiger partial charge in [-0.2, -0.15) is 5.26 Å². The Morgan fingerprint density at radius 2 is 2.00 bits per heavy atom. The fraction of sp³-hybridized carbons (Fsp3) is 0.409. The van der Waals surface area contributed by atoms with Crippen molar-refractivity contribution in [1.29, 1.82) is 5.26 Å². The number of carbonyl (C=O) groups excluding carboxylic acids is 2. The van der Waals surface area contributed by atoms with Crippen LogP contribution in [0.3, 0.4) is 0 Å². The summed E-state index contributed by atoms with van der Waals surface area (Å²) >= 11 is 1.12. The maximum absolute atomic E-state index is 14.2. The van der Waals surface area contributed by atoms with E-state index in [9.17, 15) is 19.2 Å². The zero-order valence-corrected chi connectivity index (χ0v) is 17.9. The lowest BCUT2D eigenvalue weighted by Gasteiger charge is -2.42. The summed E-state index contributed by atoms with van der Waals surface area (Å²) in [7, 11) is 0. The first-order valence-corrected chi connectivity index (χ1v) is 10.4. The predicted molar refractivity (Wildman–Crippen MR) is 111 cm³/mol. The van der Waals surface area contributed by atoms with Crippen LogP contribution >= 0.6 is 11.3 Å². The molecule has 0 aliphatic heterocycles. The van der Waals surface area contributed by atoms with Crippen molar-refractivity contribution >= 4 is 23.3 Å². The molecule has 1 fully saturated rings. The maximum Gasteiger partial charge on any atom is 0.405 e. The second-order valence-electron chi connectivity index (χ2n) is 8.57. The molecule has 1 aliphatic rings. The van der Waals surface area contributed by atoms with Crippen LogP contribution < -0.4 is 11.1 Å². The predicted octanol–water partition coefficient (Wildman–Crippen LogP) is 3.88. The molecule has 0 bridgehead atoms. The van der Waals surface area contributed by atoms with E-state index in [0.29, 0.717) is 6.42 Å². The van der Waals surface area contributed by atoms with Gasteiger partial charge in [-0.15, -0.1) is 11.3 Å². The molecule has 8 heteroatoms. The van der Waals surface area contributed by atoms with Crippen LogP contribution in [-0.4, -0.2) is 23.1 Å². The Morgan fingerprint density at radius 3 is 2.50 bits per heavy atom. The van der Waals surface area contributed by atoms with E-state index in [-0.39, 0.29) is 17.2 Å². The maximum atomic E-state index is 14.2. The number of rotatable bonds is 6. The average Bonchev–Trinajstić information content (AvgIpc) is 3.26. The topological polar surface area (TPSA) is 105 Å². The van der Waals surface area contributed by atoms with Gasteiger partial charge in [0.15, 0.2) is 0 Å². The average molecular weight is 430 g/mol. The van der Waals surface area contributed by atoms with Crippen LogP contribution in [0.15, 0.2) is 41.8 Å². The van der Waals surface area contributed by atoms with Gasteiger partial charge in [-0.05, 0) is 23.4 Å². The number of carbonyl (C=O) groups is 2. The number of hydrogen-bond donors (Lipinski definition) is 2. The highest BCUT2D eigenvalue weighted by molar-refractivity contribution is 7.09. The van der Waals surface area contributed by atoms with Crippen LogP contribution in [0.5, 0.6) is 0 Å². The zero-order chi connectivity index (χ0) is 22.2. The summed E-state index contributed by atoms with van der Waals surface area (Å²) in [4.78, 5) is 25.6. The van der Waals surface area contributed by atoms with Gasteiger partial charge < -0.3 is 15.8 Å². The molecule has 158 valence electrons. The molecule has 0 radical (unpaired) electrons. The molecule has 3 rings (SSSR count). The summed E-state index contributed by atoms with van der Waals surface area (Å²) in [5, 5.41) is 14.2. The number of halogens is 1. The number of thiophene rings is 1. The Morgan fingerprint density at radius 1 is 1.33 bits per heavy atom. The molecule has 1 aromatic carbocycles. The molecule has 0 spiro atoms. The smallest absolute Gasteiger partial charge is 0.405 e. The van der Waals surface area contributed by atoms with Crippen molar-refractivity contribution in [3.63, 3.8) is 0 Å². The summed E-state index contributed by atoms with van der Waals surface area (Å²) in [5.41, 5.74) is 2.40. The molecule has 1 aromatic heterocycles. The third-order valence-corrected chi connectivity index (χ3v) is 6.55. The van der Waals surface area contributed by atoms with E-state index in [1.165, 1.54) is 6.07 Å². The number of nitrogens with one attached hydrogen (secondary N) is 1. The molecule has 2 amide bonds. The molecule has 2 aromatic rings. The van der Waals surface area contributed by atoms with Gasteiger partial charge >= 0.3 is 6.09 Å². The number of nitriles is 1. The highest BCUT2D eigenvalue weighted by Crippen LogP contribution is 2.52. The highest BCUT2D eigenvalue weighted by Gasteiger charge is 2.61. The number of nitrogens with two attached hydrogens (primary N) is 1. The summed E-state index contributed by atoms with van der Waals surface area (Å²) in [5.74, 6) is -1.34. The quantitative estimate of drug-likeness (QED) is 0.727. The Kier molecular flexibility index (Phi) is 5.61. The normalized spacial score (nSPS) is 22.4. The molecular weight excluding hydrogens is 405 g/mol.